The van der Waals surface area contributed by atoms with Crippen molar-refractivity contribution in [2.75, 3.05) is 19.7 Å². The number of morpholine rings is 1. The van der Waals surface area contributed by atoms with E-state index in [-0.39, 0.29) is 30.9 Å². The van der Waals surface area contributed by atoms with E-state index in [1.54, 1.807) is 4.90 Å². The van der Waals surface area contributed by atoms with Crippen LogP contribution in [0.1, 0.15) is 23.7 Å². The Hall–Kier alpha value is -3.19. The first-order chi connectivity index (χ1) is 14.1. The van der Waals surface area contributed by atoms with Crippen LogP contribution in [0.3, 0.4) is 0 Å². The number of hydrogen-bond acceptors (Lipinski definition) is 4. The molecule has 2 aromatic carbocycles. The van der Waals surface area contributed by atoms with Crippen molar-refractivity contribution in [1.82, 2.24) is 15.1 Å². The highest BCUT2D eigenvalue weighted by Crippen LogP contribution is 2.23. The predicted octanol–water partition coefficient (Wildman–Crippen LogP) is 2.10. The molecule has 2 aliphatic rings. The van der Waals surface area contributed by atoms with Crippen molar-refractivity contribution in [2.24, 2.45) is 0 Å². The van der Waals surface area contributed by atoms with Crippen molar-refractivity contribution in [3.8, 4) is 0 Å². The lowest BCUT2D eigenvalue weighted by Crippen LogP contribution is -2.45. The fraction of sp³-hybridized carbons (Fsp3) is 0.318. The molecule has 0 aliphatic carbocycles. The summed E-state index contributed by atoms with van der Waals surface area (Å²) in [4.78, 5) is 40.6. The number of nitrogens with zero attached hydrogens (tertiary/aromatic N) is 2. The number of benzene rings is 2. The van der Waals surface area contributed by atoms with Gasteiger partial charge in [-0.15, -0.1) is 0 Å². The molecule has 0 bridgehead atoms. The summed E-state index contributed by atoms with van der Waals surface area (Å²) in [6.45, 7) is 1.55. The first-order valence-corrected chi connectivity index (χ1v) is 9.72. The van der Waals surface area contributed by atoms with Gasteiger partial charge >= 0.3 is 6.03 Å². The molecule has 1 N–H and O–H groups in total. The molecule has 0 saturated carbocycles. The Balaban J connectivity index is 1.37. The molecule has 4 rings (SSSR count). The topological polar surface area (TPSA) is 79.0 Å². The Kier molecular flexibility index (Phi) is 5.57. The number of rotatable bonds is 5. The van der Waals surface area contributed by atoms with Gasteiger partial charge in [0.05, 0.1) is 26.1 Å². The first kappa shape index (κ1) is 19.1. The minimum Gasteiger partial charge on any atom is -0.370 e. The van der Waals surface area contributed by atoms with Crippen molar-refractivity contribution in [2.45, 2.75) is 25.1 Å². The molecule has 2 fully saturated rings. The Labute approximate surface area is 169 Å². The van der Waals surface area contributed by atoms with Gasteiger partial charge in [-0.3, -0.25) is 14.5 Å². The van der Waals surface area contributed by atoms with Crippen molar-refractivity contribution < 1.29 is 19.1 Å². The molecular formula is C22H23N3O4. The van der Waals surface area contributed by atoms with Crippen LogP contribution in [0.5, 0.6) is 0 Å². The van der Waals surface area contributed by atoms with Gasteiger partial charge in [0.25, 0.3) is 5.91 Å². The second-order valence-corrected chi connectivity index (χ2v) is 7.23. The smallest absolute Gasteiger partial charge is 0.325 e. The van der Waals surface area contributed by atoms with Crippen LogP contribution in [0.2, 0.25) is 0 Å². The third-order valence-electron chi connectivity index (χ3n) is 5.26. The molecule has 2 atom stereocenters. The molecule has 29 heavy (non-hydrogen) atoms. The van der Waals surface area contributed by atoms with E-state index in [4.69, 9.17) is 4.74 Å². The zero-order valence-electron chi connectivity index (χ0n) is 16.0. The number of hydrogen-bond donors (Lipinski definition) is 1. The van der Waals surface area contributed by atoms with Gasteiger partial charge in [-0.25, -0.2) is 4.79 Å². The Morgan fingerprint density at radius 1 is 1.03 bits per heavy atom. The van der Waals surface area contributed by atoms with Gasteiger partial charge in [0.15, 0.2) is 0 Å². The van der Waals surface area contributed by atoms with Gasteiger partial charge < -0.3 is 15.0 Å². The third kappa shape index (κ3) is 4.30. The summed E-state index contributed by atoms with van der Waals surface area (Å²) in [5.41, 5.74) is 1.88. The predicted molar refractivity (Wildman–Crippen MR) is 106 cm³/mol. The molecule has 7 nitrogen and oxygen atoms in total. The summed E-state index contributed by atoms with van der Waals surface area (Å²) in [5, 5.41) is 2.65. The minimum atomic E-state index is -0.822. The highest BCUT2D eigenvalue weighted by Gasteiger charge is 2.40. The monoisotopic (exact) mass is 393 g/mol. The maximum absolute atomic E-state index is 12.8. The second-order valence-electron chi connectivity index (χ2n) is 7.23. The van der Waals surface area contributed by atoms with Gasteiger partial charge in [0.1, 0.15) is 12.1 Å². The molecular weight excluding hydrogens is 370 g/mol. The molecule has 2 heterocycles. The van der Waals surface area contributed by atoms with E-state index in [0.717, 1.165) is 11.1 Å². The fourth-order valence-corrected chi connectivity index (χ4v) is 3.68. The third-order valence-corrected chi connectivity index (χ3v) is 5.26. The van der Waals surface area contributed by atoms with Gasteiger partial charge in [0.2, 0.25) is 5.91 Å². The molecule has 2 aromatic rings. The van der Waals surface area contributed by atoms with Crippen LogP contribution in [0.4, 0.5) is 4.79 Å². The Bertz CT molecular complexity index is 887. The van der Waals surface area contributed by atoms with Crippen LogP contribution in [-0.4, -0.2) is 53.4 Å². The number of nitrogens with one attached hydrogen (secondary N) is 1. The molecule has 4 amide bonds. The standard InChI is InChI=1S/C22H23N3O4/c26-20(24-11-12-29-19(15-24)17-9-5-2-6-10-17)13-18-21(27)25(22(28)23-18)14-16-7-3-1-4-8-16/h1-10,18-19H,11-15H2,(H,23,28)/t18-,19-/m1/s1. The lowest BCUT2D eigenvalue weighted by molar-refractivity contribution is -0.141. The Morgan fingerprint density at radius 2 is 1.72 bits per heavy atom. The summed E-state index contributed by atoms with van der Waals surface area (Å²) >= 11 is 0. The van der Waals surface area contributed by atoms with E-state index in [0.29, 0.717) is 19.7 Å². The van der Waals surface area contributed by atoms with E-state index < -0.39 is 12.1 Å². The van der Waals surface area contributed by atoms with Crippen molar-refractivity contribution >= 4 is 17.8 Å². The van der Waals surface area contributed by atoms with Crippen molar-refractivity contribution in [1.29, 1.82) is 0 Å². The second kappa shape index (κ2) is 8.45. The molecule has 2 saturated heterocycles. The largest absolute Gasteiger partial charge is 0.370 e. The number of carbonyl (C=O) groups excluding carboxylic acids is 3. The number of amides is 4. The number of imide groups is 1. The summed E-state index contributed by atoms with van der Waals surface area (Å²) in [5.74, 6) is -0.519. The number of carbonyl (C=O) groups is 3. The summed E-state index contributed by atoms with van der Waals surface area (Å²) in [6.07, 6.45) is -0.227. The Morgan fingerprint density at radius 3 is 2.45 bits per heavy atom. The molecule has 150 valence electrons. The number of urea groups is 1. The minimum absolute atomic E-state index is 0.0443. The van der Waals surface area contributed by atoms with Gasteiger partial charge in [0, 0.05) is 6.54 Å². The van der Waals surface area contributed by atoms with E-state index in [9.17, 15) is 14.4 Å². The average Bonchev–Trinajstić information content (AvgIpc) is 3.02. The first-order valence-electron chi connectivity index (χ1n) is 9.72. The zero-order valence-corrected chi connectivity index (χ0v) is 16.0. The van der Waals surface area contributed by atoms with Crippen LogP contribution >= 0.6 is 0 Å². The van der Waals surface area contributed by atoms with E-state index in [1.807, 2.05) is 60.7 Å². The maximum atomic E-state index is 12.8. The average molecular weight is 393 g/mol. The highest BCUT2D eigenvalue weighted by atomic mass is 16.5. The molecule has 2 aliphatic heterocycles. The van der Waals surface area contributed by atoms with Crippen molar-refractivity contribution in [3.63, 3.8) is 0 Å². The van der Waals surface area contributed by atoms with Gasteiger partial charge in [-0.2, -0.15) is 0 Å². The van der Waals surface area contributed by atoms with Crippen LogP contribution < -0.4 is 5.32 Å². The SMILES string of the molecule is O=C(C[C@H]1NC(=O)N(Cc2ccccc2)C1=O)N1CCO[C@@H](c2ccccc2)C1. The lowest BCUT2D eigenvalue weighted by atomic mass is 10.1. The van der Waals surface area contributed by atoms with Crippen LogP contribution in [-0.2, 0) is 20.9 Å². The normalized spacial score (nSPS) is 21.9. The molecule has 0 spiro atoms. The highest BCUT2D eigenvalue weighted by molar-refractivity contribution is 6.05. The van der Waals surface area contributed by atoms with Crippen LogP contribution in [0.25, 0.3) is 0 Å². The molecule has 0 unspecified atom stereocenters. The molecule has 7 heteroatoms. The van der Waals surface area contributed by atoms with Crippen LogP contribution in [0.15, 0.2) is 60.7 Å². The fourth-order valence-electron chi connectivity index (χ4n) is 3.68. The summed E-state index contributed by atoms with van der Waals surface area (Å²) in [6, 6.07) is 17.8. The number of ether oxygens (including phenoxy) is 1. The van der Waals surface area contributed by atoms with Gasteiger partial charge in [-0.05, 0) is 11.1 Å². The van der Waals surface area contributed by atoms with Crippen LogP contribution in [0, 0.1) is 0 Å². The zero-order chi connectivity index (χ0) is 20.2. The lowest BCUT2D eigenvalue weighted by Gasteiger charge is -2.33. The molecule has 0 radical (unpaired) electrons. The maximum Gasteiger partial charge on any atom is 0.325 e. The van der Waals surface area contributed by atoms with Crippen molar-refractivity contribution in [3.05, 3.63) is 71.8 Å². The van der Waals surface area contributed by atoms with E-state index >= 15 is 0 Å². The van der Waals surface area contributed by atoms with E-state index in [2.05, 4.69) is 5.32 Å². The van der Waals surface area contributed by atoms with E-state index in [1.165, 1.54) is 4.90 Å². The molecule has 0 aromatic heterocycles. The quantitative estimate of drug-likeness (QED) is 0.789. The van der Waals surface area contributed by atoms with Gasteiger partial charge in [-0.1, -0.05) is 60.7 Å². The summed E-state index contributed by atoms with van der Waals surface area (Å²) < 4.78 is 5.80. The summed E-state index contributed by atoms with van der Waals surface area (Å²) in [7, 11) is 0.